The van der Waals surface area contributed by atoms with Gasteiger partial charge in [-0.25, -0.2) is 0 Å². The molecule has 0 N–H and O–H groups in total. The third-order valence-corrected chi connectivity index (χ3v) is 5.36. The van der Waals surface area contributed by atoms with Crippen LogP contribution in [0.1, 0.15) is 23.2 Å². The Balaban J connectivity index is 1.59. The number of pyridine rings is 1. The van der Waals surface area contributed by atoms with Crippen molar-refractivity contribution in [2.45, 2.75) is 13.0 Å². The van der Waals surface area contributed by atoms with Crippen LogP contribution in [0.4, 0.5) is 0 Å². The first-order valence-corrected chi connectivity index (χ1v) is 10.8. The average Bonchev–Trinajstić information content (AvgIpc) is 3.10. The summed E-state index contributed by atoms with van der Waals surface area (Å²) in [7, 11) is 0. The number of benzene rings is 2. The molecule has 1 aliphatic rings. The zero-order chi connectivity index (χ0) is 22.5. The number of nitrogens with zero attached hydrogens (tertiary/aromatic N) is 4. The van der Waals surface area contributed by atoms with Gasteiger partial charge in [0, 0.05) is 29.9 Å². The van der Waals surface area contributed by atoms with E-state index in [0.29, 0.717) is 36.8 Å². The first-order valence-electron chi connectivity index (χ1n) is 10.8. The molecule has 3 heterocycles. The molecule has 0 fully saturated rings. The van der Waals surface area contributed by atoms with Crippen LogP contribution in [0.3, 0.4) is 0 Å². The minimum absolute atomic E-state index is 0.477. The summed E-state index contributed by atoms with van der Waals surface area (Å²) in [5.41, 5.74) is 4.75. The van der Waals surface area contributed by atoms with Gasteiger partial charge < -0.3 is 9.47 Å². The first-order chi connectivity index (χ1) is 16.3. The Morgan fingerprint density at radius 1 is 1.00 bits per heavy atom. The molecule has 1 aliphatic heterocycles. The van der Waals surface area contributed by atoms with E-state index < -0.39 is 0 Å². The summed E-state index contributed by atoms with van der Waals surface area (Å²) in [6.45, 7) is 1.88. The van der Waals surface area contributed by atoms with Crippen molar-refractivity contribution in [3.63, 3.8) is 0 Å². The molecule has 0 unspecified atom stereocenters. The molecule has 4 aromatic rings. The predicted octanol–water partition coefficient (Wildman–Crippen LogP) is 5.22. The lowest BCUT2D eigenvalue weighted by molar-refractivity contribution is 0.297. The van der Waals surface area contributed by atoms with Crippen LogP contribution in [0.2, 0.25) is 0 Å². The van der Waals surface area contributed by atoms with E-state index in [-0.39, 0.29) is 0 Å². The highest BCUT2D eigenvalue weighted by molar-refractivity contribution is 5.91. The monoisotopic (exact) mass is 434 g/mol. The molecule has 6 nitrogen and oxygen atoms in total. The highest BCUT2D eigenvalue weighted by Gasteiger charge is 2.16. The van der Waals surface area contributed by atoms with Crippen LogP contribution in [-0.4, -0.2) is 28.0 Å². The van der Waals surface area contributed by atoms with E-state index in [9.17, 15) is 5.26 Å². The smallest absolute Gasteiger partial charge is 0.161 e. The van der Waals surface area contributed by atoms with Crippen molar-refractivity contribution in [3.05, 3.63) is 95.9 Å². The van der Waals surface area contributed by atoms with E-state index in [2.05, 4.69) is 23.2 Å². The second-order valence-corrected chi connectivity index (χ2v) is 7.71. The Morgan fingerprint density at radius 2 is 1.82 bits per heavy atom. The van der Waals surface area contributed by atoms with Crippen molar-refractivity contribution < 1.29 is 9.47 Å². The Labute approximate surface area is 192 Å². The first kappa shape index (κ1) is 20.5. The lowest BCUT2D eigenvalue weighted by atomic mass is 10.0. The normalized spacial score (nSPS) is 13.2. The SMILES string of the molecule is N#C/C(=C/c1cn(Cc2ccccc2)nc1-c1ccc2c(c1)OCCCO2)c1ccccn1. The molecule has 0 radical (unpaired) electrons. The van der Waals surface area contributed by atoms with Gasteiger partial charge in [-0.2, -0.15) is 10.4 Å². The van der Waals surface area contributed by atoms with Crippen LogP contribution in [0.25, 0.3) is 22.9 Å². The molecule has 33 heavy (non-hydrogen) atoms. The molecule has 0 amide bonds. The van der Waals surface area contributed by atoms with Crippen molar-refractivity contribution in [1.29, 1.82) is 5.26 Å². The van der Waals surface area contributed by atoms with E-state index in [1.54, 1.807) is 6.20 Å². The van der Waals surface area contributed by atoms with E-state index in [4.69, 9.17) is 14.6 Å². The Hall–Kier alpha value is -4.37. The molecule has 0 saturated carbocycles. The zero-order valence-corrected chi connectivity index (χ0v) is 18.0. The molecule has 0 spiro atoms. The fourth-order valence-corrected chi connectivity index (χ4v) is 3.77. The molecular formula is C27H22N4O2. The number of hydrogen-bond acceptors (Lipinski definition) is 5. The average molecular weight is 434 g/mol. The molecule has 6 heteroatoms. The van der Waals surface area contributed by atoms with Gasteiger partial charge >= 0.3 is 0 Å². The summed E-state index contributed by atoms with van der Waals surface area (Å²) in [6, 6.07) is 23.8. The van der Waals surface area contributed by atoms with Crippen molar-refractivity contribution in [2.24, 2.45) is 0 Å². The summed E-state index contributed by atoms with van der Waals surface area (Å²) < 4.78 is 13.6. The van der Waals surface area contributed by atoms with Gasteiger partial charge in [-0.05, 0) is 42.0 Å². The fraction of sp³-hybridized carbons (Fsp3) is 0.148. The van der Waals surface area contributed by atoms with Gasteiger partial charge in [-0.15, -0.1) is 0 Å². The lowest BCUT2D eigenvalue weighted by Crippen LogP contribution is -2.00. The molecule has 5 rings (SSSR count). The topological polar surface area (TPSA) is 73.0 Å². The molecule has 0 saturated heterocycles. The van der Waals surface area contributed by atoms with Crippen LogP contribution in [0, 0.1) is 11.3 Å². The maximum Gasteiger partial charge on any atom is 0.161 e. The molecule has 162 valence electrons. The Kier molecular flexibility index (Phi) is 5.85. The van der Waals surface area contributed by atoms with Crippen molar-refractivity contribution in [3.8, 4) is 28.8 Å². The standard InChI is InChI=1S/C27H22N4O2/c28-17-22(24-9-4-5-12-29-24)15-23-19-31(18-20-7-2-1-3-8-20)30-27(23)21-10-11-25-26(16-21)33-14-6-13-32-25/h1-5,7-12,15-16,19H,6,13-14,18H2/b22-15-. The molecule has 0 aliphatic carbocycles. The zero-order valence-electron chi connectivity index (χ0n) is 18.0. The van der Waals surface area contributed by atoms with Crippen LogP contribution >= 0.6 is 0 Å². The molecule has 2 aromatic heterocycles. The largest absolute Gasteiger partial charge is 0.490 e. The molecule has 0 bridgehead atoms. The van der Waals surface area contributed by atoms with E-state index in [1.807, 2.05) is 71.6 Å². The van der Waals surface area contributed by atoms with Gasteiger partial charge in [0.05, 0.1) is 36.7 Å². The van der Waals surface area contributed by atoms with Crippen LogP contribution < -0.4 is 9.47 Å². The van der Waals surface area contributed by atoms with Gasteiger partial charge in [0.1, 0.15) is 6.07 Å². The van der Waals surface area contributed by atoms with Crippen molar-refractivity contribution in [2.75, 3.05) is 13.2 Å². The van der Waals surface area contributed by atoms with Crippen LogP contribution in [-0.2, 0) is 6.54 Å². The molecular weight excluding hydrogens is 412 g/mol. The third-order valence-electron chi connectivity index (χ3n) is 5.36. The number of rotatable bonds is 5. The number of ether oxygens (including phenoxy) is 2. The van der Waals surface area contributed by atoms with E-state index >= 15 is 0 Å². The number of allylic oxidation sites excluding steroid dienone is 1. The number of fused-ring (bicyclic) bond motifs is 1. The summed E-state index contributed by atoms with van der Waals surface area (Å²) in [4.78, 5) is 4.34. The Bertz CT molecular complexity index is 1320. The Morgan fingerprint density at radius 3 is 2.61 bits per heavy atom. The van der Waals surface area contributed by atoms with Crippen LogP contribution in [0.15, 0.2) is 79.1 Å². The minimum Gasteiger partial charge on any atom is -0.490 e. The fourth-order valence-electron chi connectivity index (χ4n) is 3.77. The van der Waals surface area contributed by atoms with Gasteiger partial charge in [-0.1, -0.05) is 36.4 Å². The highest BCUT2D eigenvalue weighted by Crippen LogP contribution is 2.35. The summed E-state index contributed by atoms with van der Waals surface area (Å²) in [5.74, 6) is 1.45. The maximum atomic E-state index is 9.81. The summed E-state index contributed by atoms with van der Waals surface area (Å²) >= 11 is 0. The van der Waals surface area contributed by atoms with Crippen molar-refractivity contribution >= 4 is 11.6 Å². The second-order valence-electron chi connectivity index (χ2n) is 7.71. The quantitative estimate of drug-likeness (QED) is 0.403. The third kappa shape index (κ3) is 4.63. The van der Waals surface area contributed by atoms with Gasteiger partial charge in [0.25, 0.3) is 0 Å². The van der Waals surface area contributed by atoms with Crippen molar-refractivity contribution in [1.82, 2.24) is 14.8 Å². The van der Waals surface area contributed by atoms with Gasteiger partial charge in [0.2, 0.25) is 0 Å². The molecule has 2 aromatic carbocycles. The van der Waals surface area contributed by atoms with E-state index in [1.165, 1.54) is 0 Å². The minimum atomic E-state index is 0.477. The number of aromatic nitrogens is 3. The summed E-state index contributed by atoms with van der Waals surface area (Å²) in [5, 5.41) is 14.7. The maximum absolute atomic E-state index is 9.81. The lowest BCUT2D eigenvalue weighted by Gasteiger charge is -2.09. The van der Waals surface area contributed by atoms with Crippen LogP contribution in [0.5, 0.6) is 11.5 Å². The second kappa shape index (κ2) is 9.41. The molecule has 0 atom stereocenters. The summed E-state index contributed by atoms with van der Waals surface area (Å²) in [6.07, 6.45) is 6.34. The van der Waals surface area contributed by atoms with Gasteiger partial charge in [0.15, 0.2) is 11.5 Å². The highest BCUT2D eigenvalue weighted by atomic mass is 16.5. The number of hydrogen-bond donors (Lipinski definition) is 0. The van der Waals surface area contributed by atoms with Gasteiger partial charge in [-0.3, -0.25) is 9.67 Å². The van der Waals surface area contributed by atoms with E-state index in [0.717, 1.165) is 34.6 Å². The number of nitriles is 1. The predicted molar refractivity (Wildman–Crippen MR) is 127 cm³/mol.